The van der Waals surface area contributed by atoms with Gasteiger partial charge in [-0.15, -0.1) is 22.7 Å². The number of carbonyl (C=O) groups excluding carboxylic acids is 1. The Morgan fingerprint density at radius 1 is 1.13 bits per heavy atom. The first kappa shape index (κ1) is 26.9. The van der Waals surface area contributed by atoms with Crippen LogP contribution in [-0.4, -0.2) is 71.8 Å². The molecule has 2 aromatic heterocycles. The Morgan fingerprint density at radius 2 is 1.90 bits per heavy atom. The predicted octanol–water partition coefficient (Wildman–Crippen LogP) is 4.65. The maximum absolute atomic E-state index is 13.0. The molecule has 1 saturated heterocycles. The predicted molar refractivity (Wildman–Crippen MR) is 162 cm³/mol. The van der Waals surface area contributed by atoms with Crippen LogP contribution in [0.1, 0.15) is 26.5 Å². The lowest BCUT2D eigenvalue weighted by Crippen LogP contribution is -2.43. The number of hydrogen-bond acceptors (Lipinski definition) is 9. The molecule has 0 saturated carbocycles. The second kappa shape index (κ2) is 12.0. The summed E-state index contributed by atoms with van der Waals surface area (Å²) < 4.78 is 0. The number of amides is 1. The molecule has 4 aromatic rings. The largest absolute Gasteiger partial charge is 0.382 e. The van der Waals surface area contributed by atoms with Crippen molar-refractivity contribution in [3.05, 3.63) is 75.7 Å². The normalized spacial score (nSPS) is 14.9. The zero-order chi connectivity index (χ0) is 27.4. The quantitative estimate of drug-likeness (QED) is 0.212. The first-order valence-electron chi connectivity index (χ1n) is 12.7. The van der Waals surface area contributed by atoms with Crippen LogP contribution in [0, 0.1) is 6.92 Å². The Hall–Kier alpha value is -3.64. The molecule has 9 nitrogen and oxygen atoms in total. The first-order chi connectivity index (χ1) is 18.9. The van der Waals surface area contributed by atoms with Gasteiger partial charge in [-0.1, -0.05) is 18.2 Å². The Kier molecular flexibility index (Phi) is 8.32. The van der Waals surface area contributed by atoms with E-state index in [0.29, 0.717) is 22.1 Å². The minimum atomic E-state index is -0.136. The average Bonchev–Trinajstić information content (AvgIpc) is 3.62. The summed E-state index contributed by atoms with van der Waals surface area (Å²) >= 11 is 2.96. The number of aryl methyl sites for hydroxylation is 1. The summed E-state index contributed by atoms with van der Waals surface area (Å²) in [6, 6.07) is 13.7. The Labute approximate surface area is 236 Å². The van der Waals surface area contributed by atoms with Gasteiger partial charge in [0.25, 0.3) is 5.91 Å². The number of nitrogens with one attached hydrogen (secondary N) is 2. The fourth-order valence-corrected chi connectivity index (χ4v) is 5.85. The van der Waals surface area contributed by atoms with Crippen molar-refractivity contribution in [2.24, 2.45) is 10.7 Å². The maximum Gasteiger partial charge on any atom is 0.255 e. The van der Waals surface area contributed by atoms with Crippen LogP contribution in [0.15, 0.2) is 59.0 Å². The van der Waals surface area contributed by atoms with Crippen LogP contribution in [0.25, 0.3) is 10.6 Å². The van der Waals surface area contributed by atoms with Crippen LogP contribution in [0.5, 0.6) is 0 Å². The van der Waals surface area contributed by atoms with Crippen LogP contribution < -0.4 is 16.4 Å². The second-order valence-electron chi connectivity index (χ2n) is 9.56. The third-order valence-electron chi connectivity index (χ3n) is 6.68. The lowest BCUT2D eigenvalue weighted by molar-refractivity contribution is 0.102. The molecule has 4 N–H and O–H groups in total. The highest BCUT2D eigenvalue weighted by Crippen LogP contribution is 2.32. The number of benzene rings is 2. The van der Waals surface area contributed by atoms with Crippen molar-refractivity contribution in [2.75, 3.05) is 50.9 Å². The Balaban J connectivity index is 1.21. The highest BCUT2D eigenvalue weighted by atomic mass is 32.1. The molecule has 5 rings (SSSR count). The van der Waals surface area contributed by atoms with Crippen molar-refractivity contribution in [1.82, 2.24) is 19.8 Å². The van der Waals surface area contributed by atoms with E-state index in [-0.39, 0.29) is 5.91 Å². The third-order valence-corrected chi connectivity index (χ3v) is 8.48. The Bertz CT molecular complexity index is 1470. The molecule has 2 aromatic carbocycles. The number of thiazole rings is 2. The highest BCUT2D eigenvalue weighted by Gasteiger charge is 2.15. The summed E-state index contributed by atoms with van der Waals surface area (Å²) in [7, 11) is 3.80. The summed E-state index contributed by atoms with van der Waals surface area (Å²) in [5.41, 5.74) is 11.2. The van der Waals surface area contributed by atoms with Gasteiger partial charge in [-0.2, -0.15) is 0 Å². The zero-order valence-electron chi connectivity index (χ0n) is 22.3. The van der Waals surface area contributed by atoms with Crippen molar-refractivity contribution in [1.29, 1.82) is 0 Å². The minimum Gasteiger partial charge on any atom is -0.382 e. The van der Waals surface area contributed by atoms with Gasteiger partial charge >= 0.3 is 0 Å². The molecule has 1 amide bonds. The van der Waals surface area contributed by atoms with Gasteiger partial charge < -0.3 is 21.3 Å². The fourth-order valence-electron chi connectivity index (χ4n) is 4.23. The molecule has 1 aliphatic heterocycles. The average molecular weight is 561 g/mol. The minimum absolute atomic E-state index is 0.136. The smallest absolute Gasteiger partial charge is 0.255 e. The van der Waals surface area contributed by atoms with Crippen LogP contribution in [0.3, 0.4) is 0 Å². The highest BCUT2D eigenvalue weighted by molar-refractivity contribution is 7.18. The lowest BCUT2D eigenvalue weighted by atomic mass is 10.1. The fraction of sp³-hybridized carbons (Fsp3) is 0.286. The summed E-state index contributed by atoms with van der Waals surface area (Å²) in [6.07, 6.45) is 1.76. The van der Waals surface area contributed by atoms with Gasteiger partial charge in [0.15, 0.2) is 16.0 Å². The summed E-state index contributed by atoms with van der Waals surface area (Å²) in [4.78, 5) is 31.7. The number of likely N-dealkylation sites (N-methyl/N-ethyl adjacent to an activating group) is 1. The third kappa shape index (κ3) is 6.69. The number of carbonyl (C=O) groups is 1. The zero-order valence-corrected chi connectivity index (χ0v) is 23.9. The van der Waals surface area contributed by atoms with E-state index < -0.39 is 0 Å². The number of anilines is 3. The van der Waals surface area contributed by atoms with E-state index in [4.69, 9.17) is 10.7 Å². The summed E-state index contributed by atoms with van der Waals surface area (Å²) in [5, 5.41) is 9.82. The van der Waals surface area contributed by atoms with Crippen molar-refractivity contribution in [3.8, 4) is 10.6 Å². The van der Waals surface area contributed by atoms with Crippen molar-refractivity contribution < 1.29 is 4.79 Å². The van der Waals surface area contributed by atoms with Crippen LogP contribution in [-0.2, 0) is 6.54 Å². The number of nitrogens with two attached hydrogens (primary N) is 1. The van der Waals surface area contributed by atoms with E-state index in [0.717, 1.165) is 59.7 Å². The first-order valence-corrected chi connectivity index (χ1v) is 14.4. The van der Waals surface area contributed by atoms with Gasteiger partial charge in [-0.25, -0.2) is 9.97 Å². The molecule has 0 radical (unpaired) electrons. The lowest BCUT2D eigenvalue weighted by Gasteiger charge is -2.32. The van der Waals surface area contributed by atoms with E-state index in [2.05, 4.69) is 37.5 Å². The molecule has 1 fully saturated rings. The SMILES string of the molecule is CN=C(N)c1ncc(-c2csc(Nc3cc(NC(=O)c4ccc(CN5CCN(C)CC5)cc4)ccc3C)n2)s1. The van der Waals surface area contributed by atoms with E-state index >= 15 is 0 Å². The van der Waals surface area contributed by atoms with E-state index in [9.17, 15) is 4.79 Å². The van der Waals surface area contributed by atoms with E-state index in [1.54, 1.807) is 13.2 Å². The molecule has 202 valence electrons. The molecule has 0 bridgehead atoms. The van der Waals surface area contributed by atoms with Crippen LogP contribution in [0.4, 0.5) is 16.5 Å². The monoisotopic (exact) mass is 560 g/mol. The number of piperazine rings is 1. The summed E-state index contributed by atoms with van der Waals surface area (Å²) in [5.74, 6) is 0.277. The Morgan fingerprint density at radius 3 is 2.64 bits per heavy atom. The molecular weight excluding hydrogens is 528 g/mol. The molecule has 0 atom stereocenters. The molecular formula is C28H32N8OS2. The van der Waals surface area contributed by atoms with Crippen molar-refractivity contribution in [3.63, 3.8) is 0 Å². The molecule has 39 heavy (non-hydrogen) atoms. The number of aromatic nitrogens is 2. The molecule has 0 aliphatic carbocycles. The molecule has 0 unspecified atom stereocenters. The van der Waals surface area contributed by atoms with E-state index in [1.807, 2.05) is 54.8 Å². The van der Waals surface area contributed by atoms with Gasteiger partial charge in [0, 0.05) is 68.3 Å². The van der Waals surface area contributed by atoms with Crippen molar-refractivity contribution in [2.45, 2.75) is 13.5 Å². The van der Waals surface area contributed by atoms with Gasteiger partial charge in [0.05, 0.1) is 10.6 Å². The molecule has 11 heteroatoms. The number of hydrogen-bond donors (Lipinski definition) is 3. The number of rotatable bonds is 8. The van der Waals surface area contributed by atoms with Crippen LogP contribution in [0.2, 0.25) is 0 Å². The van der Waals surface area contributed by atoms with Gasteiger partial charge in [0.2, 0.25) is 0 Å². The molecule has 1 aliphatic rings. The van der Waals surface area contributed by atoms with Crippen molar-refractivity contribution >= 4 is 50.9 Å². The molecule has 3 heterocycles. The molecule has 0 spiro atoms. The van der Waals surface area contributed by atoms with Gasteiger partial charge in [0.1, 0.15) is 0 Å². The topological polar surface area (TPSA) is 112 Å². The van der Waals surface area contributed by atoms with Gasteiger partial charge in [-0.05, 0) is 49.4 Å². The van der Waals surface area contributed by atoms with Crippen LogP contribution >= 0.6 is 22.7 Å². The second-order valence-corrected chi connectivity index (χ2v) is 11.5. The standard InChI is InChI=1S/C28H32N8OS2/c1-18-4-9-21(32-26(37)20-7-5-19(6-8-20)16-36-12-10-35(3)11-13-36)14-22(18)33-28-34-23(17-38-28)24-15-31-27(39-24)25(29)30-2/h4-9,14-15,17H,10-13,16H2,1-3H3,(H2,29,30)(H,32,37)(H,33,34). The maximum atomic E-state index is 13.0. The number of nitrogens with zero attached hydrogens (tertiary/aromatic N) is 5. The summed E-state index contributed by atoms with van der Waals surface area (Å²) in [6.45, 7) is 7.25. The van der Waals surface area contributed by atoms with E-state index in [1.165, 1.54) is 28.2 Å². The van der Waals surface area contributed by atoms with Gasteiger partial charge in [-0.3, -0.25) is 14.7 Å². The number of aliphatic imine (C=N–C) groups is 1. The number of amidine groups is 1.